The van der Waals surface area contributed by atoms with E-state index >= 15 is 0 Å². The third-order valence-corrected chi connectivity index (χ3v) is 8.60. The van der Waals surface area contributed by atoms with Crippen molar-refractivity contribution in [3.8, 4) is 0 Å². The average Bonchev–Trinajstić information content (AvgIpc) is 3.21. The summed E-state index contributed by atoms with van der Waals surface area (Å²) in [5, 5.41) is 5.64. The number of rotatable bonds is 4. The van der Waals surface area contributed by atoms with Crippen molar-refractivity contribution in [2.45, 2.75) is 44.3 Å². The molecular formula is C18H27N3O3S2. The molecular weight excluding hydrogens is 370 g/mol. The predicted molar refractivity (Wildman–Crippen MR) is 103 cm³/mol. The Labute approximate surface area is 159 Å². The molecule has 0 aromatic carbocycles. The lowest BCUT2D eigenvalue weighted by atomic mass is 10.0. The zero-order chi connectivity index (χ0) is 18.1. The molecule has 1 aromatic rings. The minimum absolute atomic E-state index is 0.117. The van der Waals surface area contributed by atoms with Crippen LogP contribution in [0.15, 0.2) is 11.4 Å². The molecule has 2 fully saturated rings. The Bertz CT molecular complexity index is 753. The second-order valence-corrected chi connectivity index (χ2v) is 11.0. The van der Waals surface area contributed by atoms with Crippen LogP contribution in [0, 0.1) is 0 Å². The molecule has 0 radical (unpaired) electrons. The summed E-state index contributed by atoms with van der Waals surface area (Å²) in [5.41, 5.74) is 1.31. The summed E-state index contributed by atoms with van der Waals surface area (Å²) in [4.78, 5) is 18.3. The smallest absolute Gasteiger partial charge is 0.237 e. The molecule has 0 bridgehead atoms. The van der Waals surface area contributed by atoms with Crippen molar-refractivity contribution >= 4 is 27.1 Å². The SMILES string of the molecule is O=C(CN1CCC(N[C@H]2CCS(=O)(=O)C2)CC1)N1CCc2sccc2C1. The summed E-state index contributed by atoms with van der Waals surface area (Å²) in [6.07, 6.45) is 3.69. The van der Waals surface area contributed by atoms with E-state index in [0.717, 1.165) is 51.9 Å². The van der Waals surface area contributed by atoms with Crippen LogP contribution >= 0.6 is 11.3 Å². The van der Waals surface area contributed by atoms with Crippen molar-refractivity contribution in [2.75, 3.05) is 37.7 Å². The number of hydrogen-bond acceptors (Lipinski definition) is 6. The molecule has 1 N–H and O–H groups in total. The van der Waals surface area contributed by atoms with Gasteiger partial charge in [0.15, 0.2) is 9.84 Å². The molecule has 1 aromatic heterocycles. The van der Waals surface area contributed by atoms with Crippen LogP contribution in [0.3, 0.4) is 0 Å². The van der Waals surface area contributed by atoms with Gasteiger partial charge in [0.2, 0.25) is 5.91 Å². The van der Waals surface area contributed by atoms with Gasteiger partial charge in [0.25, 0.3) is 0 Å². The van der Waals surface area contributed by atoms with Gasteiger partial charge in [0, 0.05) is 43.1 Å². The largest absolute Gasteiger partial charge is 0.337 e. The molecule has 2 saturated heterocycles. The van der Waals surface area contributed by atoms with Gasteiger partial charge in [-0.05, 0) is 42.7 Å². The molecule has 8 heteroatoms. The van der Waals surface area contributed by atoms with Crippen molar-refractivity contribution in [3.63, 3.8) is 0 Å². The molecule has 3 aliphatic heterocycles. The molecule has 4 rings (SSSR count). The number of nitrogens with zero attached hydrogens (tertiary/aromatic N) is 2. The summed E-state index contributed by atoms with van der Waals surface area (Å²) in [7, 11) is -2.82. The van der Waals surface area contributed by atoms with E-state index in [0.29, 0.717) is 18.3 Å². The fourth-order valence-corrected chi connectivity index (χ4v) is 6.85. The second-order valence-electron chi connectivity index (χ2n) is 7.75. The van der Waals surface area contributed by atoms with Crippen molar-refractivity contribution in [2.24, 2.45) is 0 Å². The van der Waals surface area contributed by atoms with E-state index < -0.39 is 9.84 Å². The molecule has 144 valence electrons. The maximum absolute atomic E-state index is 12.6. The Kier molecular flexibility index (Phi) is 5.36. The Hall–Kier alpha value is -0.960. The maximum atomic E-state index is 12.6. The number of amides is 1. The fourth-order valence-electron chi connectivity index (χ4n) is 4.27. The number of nitrogens with one attached hydrogen (secondary N) is 1. The van der Waals surface area contributed by atoms with Crippen molar-refractivity contribution in [3.05, 3.63) is 21.9 Å². The quantitative estimate of drug-likeness (QED) is 0.817. The minimum atomic E-state index is -2.82. The number of carbonyl (C=O) groups excluding carboxylic acids is 1. The van der Waals surface area contributed by atoms with Crippen LogP contribution < -0.4 is 5.32 Å². The van der Waals surface area contributed by atoms with Gasteiger partial charge in [-0.15, -0.1) is 11.3 Å². The van der Waals surface area contributed by atoms with E-state index in [-0.39, 0.29) is 17.7 Å². The lowest BCUT2D eigenvalue weighted by molar-refractivity contribution is -0.133. The lowest BCUT2D eigenvalue weighted by Gasteiger charge is -2.35. The summed E-state index contributed by atoms with van der Waals surface area (Å²) in [6, 6.07) is 2.63. The minimum Gasteiger partial charge on any atom is -0.337 e. The third kappa shape index (κ3) is 4.30. The van der Waals surface area contributed by atoms with Gasteiger partial charge in [0.1, 0.15) is 0 Å². The normalized spacial score (nSPS) is 26.8. The number of likely N-dealkylation sites (tertiary alicyclic amines) is 1. The second kappa shape index (κ2) is 7.58. The molecule has 6 nitrogen and oxygen atoms in total. The van der Waals surface area contributed by atoms with Gasteiger partial charge in [0.05, 0.1) is 18.1 Å². The highest BCUT2D eigenvalue weighted by Crippen LogP contribution is 2.24. The fraction of sp³-hybridized carbons (Fsp3) is 0.722. The van der Waals surface area contributed by atoms with Crippen molar-refractivity contribution in [1.29, 1.82) is 0 Å². The summed E-state index contributed by atoms with van der Waals surface area (Å²) in [5.74, 6) is 0.834. The first-order valence-corrected chi connectivity index (χ1v) is 12.2. The topological polar surface area (TPSA) is 69.7 Å². The summed E-state index contributed by atoms with van der Waals surface area (Å²) >= 11 is 1.79. The molecule has 1 amide bonds. The van der Waals surface area contributed by atoms with Gasteiger partial charge in [-0.2, -0.15) is 0 Å². The molecule has 0 aliphatic carbocycles. The first kappa shape index (κ1) is 18.4. The van der Waals surface area contributed by atoms with Gasteiger partial charge >= 0.3 is 0 Å². The van der Waals surface area contributed by atoms with Crippen LogP contribution in [0.2, 0.25) is 0 Å². The van der Waals surface area contributed by atoms with E-state index in [4.69, 9.17) is 0 Å². The zero-order valence-electron chi connectivity index (χ0n) is 15.0. The zero-order valence-corrected chi connectivity index (χ0v) is 16.7. The lowest BCUT2D eigenvalue weighted by Crippen LogP contribution is -2.49. The van der Waals surface area contributed by atoms with E-state index in [1.54, 1.807) is 11.3 Å². The monoisotopic (exact) mass is 397 g/mol. The van der Waals surface area contributed by atoms with E-state index in [1.807, 2.05) is 4.90 Å². The van der Waals surface area contributed by atoms with Gasteiger partial charge in [-0.3, -0.25) is 9.69 Å². The molecule has 26 heavy (non-hydrogen) atoms. The highest BCUT2D eigenvalue weighted by Gasteiger charge is 2.31. The number of thiophene rings is 1. The Morgan fingerprint density at radius 2 is 2.00 bits per heavy atom. The Morgan fingerprint density at radius 1 is 1.19 bits per heavy atom. The third-order valence-electron chi connectivity index (χ3n) is 5.81. The number of carbonyl (C=O) groups is 1. The van der Waals surface area contributed by atoms with Gasteiger partial charge < -0.3 is 10.2 Å². The highest BCUT2D eigenvalue weighted by molar-refractivity contribution is 7.91. The molecule has 0 unspecified atom stereocenters. The number of hydrogen-bond donors (Lipinski definition) is 1. The molecule has 0 saturated carbocycles. The first-order valence-electron chi connectivity index (χ1n) is 9.50. The van der Waals surface area contributed by atoms with Gasteiger partial charge in [-0.1, -0.05) is 0 Å². The van der Waals surface area contributed by atoms with Crippen molar-refractivity contribution < 1.29 is 13.2 Å². The van der Waals surface area contributed by atoms with E-state index in [1.165, 1.54) is 10.4 Å². The standard InChI is InChI=1S/C18H27N3O3S2/c22-18(21-8-3-17-14(11-21)4-9-25-17)12-20-6-1-15(2-7-20)19-16-5-10-26(23,24)13-16/h4,9,15-16,19H,1-3,5-8,10-13H2/t16-/m0/s1. The maximum Gasteiger partial charge on any atom is 0.237 e. The van der Waals surface area contributed by atoms with Crippen LogP contribution in [0.5, 0.6) is 0 Å². The average molecular weight is 398 g/mol. The Morgan fingerprint density at radius 3 is 2.73 bits per heavy atom. The van der Waals surface area contributed by atoms with Crippen molar-refractivity contribution in [1.82, 2.24) is 15.1 Å². The molecule has 3 aliphatic rings. The number of fused-ring (bicyclic) bond motifs is 1. The van der Waals surface area contributed by atoms with Gasteiger partial charge in [-0.25, -0.2) is 8.42 Å². The first-order chi connectivity index (χ1) is 12.5. The molecule has 0 spiro atoms. The van der Waals surface area contributed by atoms with Crippen LogP contribution in [0.1, 0.15) is 29.7 Å². The Balaban J connectivity index is 1.21. The predicted octanol–water partition coefficient (Wildman–Crippen LogP) is 0.874. The van der Waals surface area contributed by atoms with Crippen LogP contribution in [0.25, 0.3) is 0 Å². The molecule has 4 heterocycles. The summed E-state index contributed by atoms with van der Waals surface area (Å²) < 4.78 is 23.2. The van der Waals surface area contributed by atoms with Crippen LogP contribution in [-0.2, 0) is 27.6 Å². The summed E-state index contributed by atoms with van der Waals surface area (Å²) in [6.45, 7) is 3.90. The van der Waals surface area contributed by atoms with E-state index in [2.05, 4.69) is 21.7 Å². The van der Waals surface area contributed by atoms with E-state index in [9.17, 15) is 13.2 Å². The highest BCUT2D eigenvalue weighted by atomic mass is 32.2. The van der Waals surface area contributed by atoms with Crippen LogP contribution in [-0.4, -0.2) is 73.9 Å². The number of sulfone groups is 1. The molecule has 1 atom stereocenters. The number of piperidine rings is 1. The van der Waals surface area contributed by atoms with Crippen LogP contribution in [0.4, 0.5) is 0 Å².